The van der Waals surface area contributed by atoms with Gasteiger partial charge in [-0.15, -0.1) is 0 Å². The van der Waals surface area contributed by atoms with E-state index in [0.717, 1.165) is 16.6 Å². The molecule has 5 heteroatoms. The maximum Gasteiger partial charge on any atom is 0.239 e. The topological polar surface area (TPSA) is 56.1 Å². The van der Waals surface area contributed by atoms with Crippen LogP contribution in [0.4, 0.5) is 5.69 Å². The molecule has 1 aromatic carbocycles. The lowest BCUT2D eigenvalue weighted by molar-refractivity contribution is -0.119. The Morgan fingerprint density at radius 1 is 1.56 bits per heavy atom. The Morgan fingerprint density at radius 3 is 2.89 bits per heavy atom. The highest BCUT2D eigenvalue weighted by Gasteiger charge is 2.12. The summed E-state index contributed by atoms with van der Waals surface area (Å²) < 4.78 is 0.739. The maximum absolute atomic E-state index is 11.6. The fourth-order valence-corrected chi connectivity index (χ4v) is 2.01. The maximum atomic E-state index is 11.6. The molecule has 0 spiro atoms. The van der Waals surface area contributed by atoms with Gasteiger partial charge in [0.1, 0.15) is 6.07 Å². The molecule has 1 N–H and O–H groups in total. The molecule has 0 radical (unpaired) electrons. The first-order valence-corrected chi connectivity index (χ1v) is 6.55. The zero-order valence-electron chi connectivity index (χ0n) is 10.5. The summed E-state index contributed by atoms with van der Waals surface area (Å²) in [5.41, 5.74) is 1.29. The van der Waals surface area contributed by atoms with Gasteiger partial charge < -0.3 is 10.2 Å². The van der Waals surface area contributed by atoms with E-state index in [-0.39, 0.29) is 12.5 Å². The lowest BCUT2D eigenvalue weighted by Crippen LogP contribution is -2.35. The van der Waals surface area contributed by atoms with Gasteiger partial charge in [-0.05, 0) is 34.5 Å². The van der Waals surface area contributed by atoms with Crippen LogP contribution in [-0.2, 0) is 4.79 Å². The average molecular weight is 310 g/mol. The summed E-state index contributed by atoms with van der Waals surface area (Å²) in [6, 6.07) is 7.63. The van der Waals surface area contributed by atoms with Gasteiger partial charge >= 0.3 is 0 Å². The molecule has 0 fully saturated rings. The number of carbonyl (C=O) groups excluding carboxylic acids is 1. The molecule has 0 aromatic heterocycles. The number of amides is 1. The van der Waals surface area contributed by atoms with Gasteiger partial charge in [-0.25, -0.2) is 0 Å². The fourth-order valence-electron chi connectivity index (χ4n) is 1.56. The number of carbonyl (C=O) groups is 1. The number of halogens is 1. The lowest BCUT2D eigenvalue weighted by atomic mass is 10.2. The number of likely N-dealkylation sites (N-methyl/N-ethyl adjacent to an activating group) is 1. The van der Waals surface area contributed by atoms with Crippen molar-refractivity contribution in [1.29, 1.82) is 5.26 Å². The second kappa shape index (κ2) is 7.02. The number of rotatable bonds is 5. The molecule has 18 heavy (non-hydrogen) atoms. The predicted molar refractivity (Wildman–Crippen MR) is 75.4 cm³/mol. The molecule has 4 nitrogen and oxygen atoms in total. The minimum absolute atomic E-state index is 0.0387. The van der Waals surface area contributed by atoms with E-state index in [0.29, 0.717) is 12.1 Å². The molecule has 0 saturated carbocycles. The van der Waals surface area contributed by atoms with E-state index in [2.05, 4.69) is 27.3 Å². The standard InChI is InChI=1S/C13H16BrN3O/c1-3-7-16-13(18)9-17(2)12-6-4-5-11(14)10(12)8-15/h4-6H,3,7,9H2,1-2H3,(H,16,18). The van der Waals surface area contributed by atoms with E-state index in [4.69, 9.17) is 5.26 Å². The van der Waals surface area contributed by atoms with E-state index < -0.39 is 0 Å². The summed E-state index contributed by atoms with van der Waals surface area (Å²) in [5.74, 6) is -0.0387. The molecule has 0 saturated heterocycles. The molecule has 1 rings (SSSR count). The van der Waals surface area contributed by atoms with Crippen LogP contribution in [0.25, 0.3) is 0 Å². The zero-order chi connectivity index (χ0) is 13.5. The van der Waals surface area contributed by atoms with Gasteiger partial charge in [0, 0.05) is 18.1 Å². The van der Waals surface area contributed by atoms with Gasteiger partial charge in [0.2, 0.25) is 5.91 Å². The number of hydrogen-bond acceptors (Lipinski definition) is 3. The van der Waals surface area contributed by atoms with Crippen LogP contribution in [-0.4, -0.2) is 26.0 Å². The molecule has 0 aliphatic rings. The van der Waals surface area contributed by atoms with Gasteiger partial charge in [0.05, 0.1) is 17.8 Å². The molecule has 0 aliphatic heterocycles. The minimum Gasteiger partial charge on any atom is -0.364 e. The Kier molecular flexibility index (Phi) is 5.66. The molecule has 96 valence electrons. The van der Waals surface area contributed by atoms with Crippen LogP contribution < -0.4 is 10.2 Å². The Morgan fingerprint density at radius 2 is 2.28 bits per heavy atom. The van der Waals surface area contributed by atoms with Crippen molar-refractivity contribution in [1.82, 2.24) is 5.32 Å². The van der Waals surface area contributed by atoms with E-state index in [1.807, 2.05) is 25.1 Å². The van der Waals surface area contributed by atoms with Crippen LogP contribution >= 0.6 is 15.9 Å². The van der Waals surface area contributed by atoms with Crippen molar-refractivity contribution in [2.24, 2.45) is 0 Å². The first-order valence-electron chi connectivity index (χ1n) is 5.76. The third kappa shape index (κ3) is 3.74. The minimum atomic E-state index is -0.0387. The number of anilines is 1. The van der Waals surface area contributed by atoms with E-state index in [1.54, 1.807) is 11.9 Å². The van der Waals surface area contributed by atoms with Crippen molar-refractivity contribution in [3.63, 3.8) is 0 Å². The van der Waals surface area contributed by atoms with Crippen molar-refractivity contribution >= 4 is 27.5 Å². The highest BCUT2D eigenvalue weighted by molar-refractivity contribution is 9.10. The van der Waals surface area contributed by atoms with Crippen LogP contribution in [0.3, 0.4) is 0 Å². The second-order valence-electron chi connectivity index (χ2n) is 3.95. The number of nitriles is 1. The van der Waals surface area contributed by atoms with Crippen LogP contribution in [0, 0.1) is 11.3 Å². The summed E-state index contributed by atoms with van der Waals surface area (Å²) in [7, 11) is 1.80. The largest absolute Gasteiger partial charge is 0.364 e. The molecule has 0 aliphatic carbocycles. The smallest absolute Gasteiger partial charge is 0.239 e. The molecule has 0 atom stereocenters. The quantitative estimate of drug-likeness (QED) is 0.908. The average Bonchev–Trinajstić information content (AvgIpc) is 2.35. The number of benzene rings is 1. The van der Waals surface area contributed by atoms with Crippen LogP contribution in [0.5, 0.6) is 0 Å². The van der Waals surface area contributed by atoms with E-state index in [9.17, 15) is 4.79 Å². The Balaban J connectivity index is 2.79. The molecule has 1 aromatic rings. The lowest BCUT2D eigenvalue weighted by Gasteiger charge is -2.20. The zero-order valence-corrected chi connectivity index (χ0v) is 12.1. The van der Waals surface area contributed by atoms with Crippen molar-refractivity contribution < 1.29 is 4.79 Å². The summed E-state index contributed by atoms with van der Waals surface area (Å²) in [4.78, 5) is 13.4. The highest BCUT2D eigenvalue weighted by atomic mass is 79.9. The normalized spacial score (nSPS) is 9.67. The third-order valence-electron chi connectivity index (χ3n) is 2.47. The van der Waals surface area contributed by atoms with Crippen molar-refractivity contribution in [2.75, 3.05) is 25.0 Å². The fraction of sp³-hybridized carbons (Fsp3) is 0.385. The van der Waals surface area contributed by atoms with Gasteiger partial charge in [0.15, 0.2) is 0 Å². The molecule has 0 heterocycles. The molecule has 0 bridgehead atoms. The first kappa shape index (κ1) is 14.5. The van der Waals surface area contributed by atoms with Crippen molar-refractivity contribution in [3.8, 4) is 6.07 Å². The second-order valence-corrected chi connectivity index (χ2v) is 4.81. The Hall–Kier alpha value is -1.54. The first-order chi connectivity index (χ1) is 8.60. The molecular formula is C13H16BrN3O. The van der Waals surface area contributed by atoms with Gasteiger partial charge in [0.25, 0.3) is 0 Å². The van der Waals surface area contributed by atoms with Crippen molar-refractivity contribution in [2.45, 2.75) is 13.3 Å². The summed E-state index contributed by atoms with van der Waals surface area (Å²) in [6.07, 6.45) is 0.912. The Bertz CT molecular complexity index is 468. The van der Waals surface area contributed by atoms with Crippen LogP contribution in [0.1, 0.15) is 18.9 Å². The SMILES string of the molecule is CCCNC(=O)CN(C)c1cccc(Br)c1C#N. The molecule has 0 unspecified atom stereocenters. The van der Waals surface area contributed by atoms with Crippen LogP contribution in [0.2, 0.25) is 0 Å². The van der Waals surface area contributed by atoms with Crippen molar-refractivity contribution in [3.05, 3.63) is 28.2 Å². The van der Waals surface area contributed by atoms with Gasteiger partial charge in [-0.3, -0.25) is 4.79 Å². The van der Waals surface area contributed by atoms with E-state index >= 15 is 0 Å². The monoisotopic (exact) mass is 309 g/mol. The highest BCUT2D eigenvalue weighted by Crippen LogP contribution is 2.26. The van der Waals surface area contributed by atoms with Gasteiger partial charge in [-0.2, -0.15) is 5.26 Å². The van der Waals surface area contributed by atoms with Crippen LogP contribution in [0.15, 0.2) is 22.7 Å². The number of nitrogens with zero attached hydrogens (tertiary/aromatic N) is 2. The van der Waals surface area contributed by atoms with E-state index in [1.165, 1.54) is 0 Å². The summed E-state index contributed by atoms with van der Waals surface area (Å²) in [6.45, 7) is 2.92. The number of hydrogen-bond donors (Lipinski definition) is 1. The predicted octanol–water partition coefficient (Wildman–Crippen LogP) is 2.28. The van der Waals surface area contributed by atoms with Gasteiger partial charge in [-0.1, -0.05) is 13.0 Å². The third-order valence-corrected chi connectivity index (χ3v) is 3.13. The molecule has 1 amide bonds. The molecular weight excluding hydrogens is 294 g/mol. The summed E-state index contributed by atoms with van der Waals surface area (Å²) >= 11 is 3.33. The summed E-state index contributed by atoms with van der Waals surface area (Å²) in [5, 5.41) is 11.9. The number of nitrogens with one attached hydrogen (secondary N) is 1. The Labute approximate surface area is 116 Å².